The number of anilines is 3. The molecule has 1 aliphatic carbocycles. The fourth-order valence-electron chi connectivity index (χ4n) is 7.87. The van der Waals surface area contributed by atoms with Gasteiger partial charge in [-0.05, 0) is 98.8 Å². The van der Waals surface area contributed by atoms with Gasteiger partial charge >= 0.3 is 0 Å². The maximum Gasteiger partial charge on any atom is 0.135 e. The lowest BCUT2D eigenvalue weighted by atomic mass is 9.67. The standard InChI is InChI=1S/C47H31NO/c1-3-15-34(16-4-1)47(35-24-28-46-42(30-35)40-20-10-12-22-45(40)49-46)43-21-11-9-19-39(43)41-31-38(26-27-44(41)47)48(36-17-5-2-6-18-36)37-25-23-32-13-7-8-14-33(32)29-37/h1-31H/i1D,3D,4D,15D,16D. The largest absolute Gasteiger partial charge is 0.456 e. The SMILES string of the molecule is [2H]c1c([2H])c([2H])c(C2(c3ccc4oc5ccccc5c4c3)c3ccccc3-c3cc(N(c4ccccc4)c4ccc5ccccc5c4)ccc32)c([2H])c1[2H]. The van der Waals surface area contributed by atoms with Gasteiger partial charge in [0.15, 0.2) is 0 Å². The molecule has 2 nitrogen and oxygen atoms in total. The van der Waals surface area contributed by atoms with E-state index in [-0.39, 0.29) is 29.7 Å². The van der Waals surface area contributed by atoms with Crippen molar-refractivity contribution in [1.82, 2.24) is 0 Å². The van der Waals surface area contributed by atoms with Gasteiger partial charge in [0.1, 0.15) is 11.2 Å². The third-order valence-corrected chi connectivity index (χ3v) is 9.98. The maximum absolute atomic E-state index is 9.42. The van der Waals surface area contributed by atoms with Crippen molar-refractivity contribution in [2.45, 2.75) is 5.41 Å². The Labute approximate surface area is 292 Å². The Kier molecular flexibility index (Phi) is 5.09. The molecule has 230 valence electrons. The molecule has 0 radical (unpaired) electrons. The molecule has 8 aromatic carbocycles. The van der Waals surface area contributed by atoms with Crippen LogP contribution < -0.4 is 4.90 Å². The summed E-state index contributed by atoms with van der Waals surface area (Å²) in [5, 5.41) is 4.12. The average molecular weight is 631 g/mol. The third-order valence-electron chi connectivity index (χ3n) is 9.98. The predicted molar refractivity (Wildman–Crippen MR) is 203 cm³/mol. The van der Waals surface area contributed by atoms with E-state index in [0.29, 0.717) is 5.58 Å². The van der Waals surface area contributed by atoms with Crippen LogP contribution in [0.1, 0.15) is 29.1 Å². The van der Waals surface area contributed by atoms with Gasteiger partial charge in [-0.25, -0.2) is 0 Å². The molecular formula is C47H31NO. The molecule has 2 heteroatoms. The zero-order valence-corrected chi connectivity index (χ0v) is 26.4. The highest BCUT2D eigenvalue weighted by molar-refractivity contribution is 6.05. The van der Waals surface area contributed by atoms with Crippen LogP contribution in [0.2, 0.25) is 0 Å². The monoisotopic (exact) mass is 630 g/mol. The van der Waals surface area contributed by atoms with Crippen molar-refractivity contribution in [1.29, 1.82) is 0 Å². The molecule has 1 aliphatic rings. The number of fused-ring (bicyclic) bond motifs is 7. The predicted octanol–water partition coefficient (Wildman–Crippen LogP) is 12.6. The molecule has 49 heavy (non-hydrogen) atoms. The van der Waals surface area contributed by atoms with Crippen molar-refractivity contribution in [3.8, 4) is 11.1 Å². The first-order valence-electron chi connectivity index (χ1n) is 18.9. The number of rotatable bonds is 5. The van der Waals surface area contributed by atoms with E-state index in [2.05, 4.69) is 77.7 Å². The van der Waals surface area contributed by atoms with Crippen LogP contribution in [-0.2, 0) is 5.41 Å². The van der Waals surface area contributed by atoms with Crippen LogP contribution in [0.5, 0.6) is 0 Å². The molecule has 9 aromatic rings. The molecule has 0 spiro atoms. The first-order valence-corrected chi connectivity index (χ1v) is 16.4. The van der Waals surface area contributed by atoms with Gasteiger partial charge in [0.2, 0.25) is 0 Å². The average Bonchev–Trinajstić information content (AvgIpc) is 3.73. The van der Waals surface area contributed by atoms with E-state index in [1.807, 2.05) is 84.9 Å². The van der Waals surface area contributed by atoms with Crippen molar-refractivity contribution in [3.05, 3.63) is 210 Å². The van der Waals surface area contributed by atoms with Gasteiger partial charge in [-0.2, -0.15) is 0 Å². The lowest BCUT2D eigenvalue weighted by Crippen LogP contribution is -2.28. The summed E-state index contributed by atoms with van der Waals surface area (Å²) in [4.78, 5) is 2.24. The molecule has 1 atom stereocenters. The number of hydrogen-bond donors (Lipinski definition) is 0. The second-order valence-corrected chi connectivity index (χ2v) is 12.5. The summed E-state index contributed by atoms with van der Waals surface area (Å²) >= 11 is 0. The van der Waals surface area contributed by atoms with Crippen molar-refractivity contribution in [2.24, 2.45) is 0 Å². The first-order chi connectivity index (χ1) is 26.4. The highest BCUT2D eigenvalue weighted by atomic mass is 16.3. The number of benzene rings is 8. The van der Waals surface area contributed by atoms with Gasteiger partial charge < -0.3 is 9.32 Å². The lowest BCUT2D eigenvalue weighted by molar-refractivity contribution is 0.668. The summed E-state index contributed by atoms with van der Waals surface area (Å²) < 4.78 is 51.3. The minimum atomic E-state index is -1.26. The van der Waals surface area contributed by atoms with Crippen LogP contribution in [0.15, 0.2) is 192 Å². The van der Waals surface area contributed by atoms with E-state index in [4.69, 9.17) is 8.53 Å². The Balaban J connectivity index is 1.30. The van der Waals surface area contributed by atoms with Crippen LogP contribution in [0.25, 0.3) is 43.8 Å². The van der Waals surface area contributed by atoms with E-state index in [1.165, 1.54) is 0 Å². The first kappa shape index (κ1) is 23.0. The molecule has 0 fully saturated rings. The lowest BCUT2D eigenvalue weighted by Gasteiger charge is -2.34. The summed E-state index contributed by atoms with van der Waals surface area (Å²) in [6.07, 6.45) is 0. The Morgan fingerprint density at radius 1 is 0.449 bits per heavy atom. The van der Waals surface area contributed by atoms with Crippen molar-refractivity contribution in [2.75, 3.05) is 4.90 Å². The van der Waals surface area contributed by atoms with Crippen LogP contribution in [0.4, 0.5) is 17.1 Å². The van der Waals surface area contributed by atoms with Crippen LogP contribution in [0, 0.1) is 0 Å². The molecule has 1 unspecified atom stereocenters. The van der Waals surface area contributed by atoms with Crippen molar-refractivity contribution in [3.63, 3.8) is 0 Å². The molecule has 1 aromatic heterocycles. The number of hydrogen-bond acceptors (Lipinski definition) is 2. The van der Waals surface area contributed by atoms with Crippen LogP contribution in [0.3, 0.4) is 0 Å². The smallest absolute Gasteiger partial charge is 0.135 e. The summed E-state index contributed by atoms with van der Waals surface area (Å²) in [6.45, 7) is 0. The quantitative estimate of drug-likeness (QED) is 0.188. The molecule has 0 bridgehead atoms. The van der Waals surface area contributed by atoms with Gasteiger partial charge in [-0.3, -0.25) is 0 Å². The minimum Gasteiger partial charge on any atom is -0.456 e. The van der Waals surface area contributed by atoms with Gasteiger partial charge in [-0.15, -0.1) is 0 Å². The van der Waals surface area contributed by atoms with E-state index in [1.54, 1.807) is 0 Å². The Bertz CT molecular complexity index is 2940. The molecule has 1 heterocycles. The van der Waals surface area contributed by atoms with Crippen molar-refractivity contribution >= 4 is 49.8 Å². The van der Waals surface area contributed by atoms with Gasteiger partial charge in [0.25, 0.3) is 0 Å². The normalized spacial score (nSPS) is 16.4. The van der Waals surface area contributed by atoms with E-state index < -0.39 is 11.5 Å². The Morgan fingerprint density at radius 2 is 1.14 bits per heavy atom. The highest BCUT2D eigenvalue weighted by Crippen LogP contribution is 2.57. The number of furan rings is 1. The fourth-order valence-corrected chi connectivity index (χ4v) is 7.87. The zero-order chi connectivity index (χ0) is 36.7. The van der Waals surface area contributed by atoms with E-state index in [0.717, 1.165) is 72.0 Å². The highest BCUT2D eigenvalue weighted by Gasteiger charge is 2.46. The van der Waals surface area contributed by atoms with E-state index in [9.17, 15) is 2.74 Å². The molecule has 0 saturated carbocycles. The van der Waals surface area contributed by atoms with Crippen molar-refractivity contribution < 1.29 is 11.3 Å². The summed E-state index contributed by atoms with van der Waals surface area (Å²) in [7, 11) is 0. The van der Waals surface area contributed by atoms with E-state index >= 15 is 0 Å². The summed E-state index contributed by atoms with van der Waals surface area (Å²) in [5.74, 6) is 0. The van der Waals surface area contributed by atoms with Crippen LogP contribution >= 0.6 is 0 Å². The Hall–Kier alpha value is -6.38. The minimum absolute atomic E-state index is 0.217. The second-order valence-electron chi connectivity index (χ2n) is 12.5. The molecule has 0 N–H and O–H groups in total. The molecule has 10 rings (SSSR count). The molecule has 0 amide bonds. The van der Waals surface area contributed by atoms with Crippen LogP contribution in [-0.4, -0.2) is 0 Å². The number of para-hydroxylation sites is 2. The Morgan fingerprint density at radius 3 is 2.04 bits per heavy atom. The fraction of sp³-hybridized carbons (Fsp3) is 0.0213. The zero-order valence-electron chi connectivity index (χ0n) is 31.4. The molecule has 0 saturated heterocycles. The van der Waals surface area contributed by atoms with Gasteiger partial charge in [0, 0.05) is 27.8 Å². The second kappa shape index (κ2) is 10.8. The summed E-state index contributed by atoms with van der Waals surface area (Å²) in [6, 6.07) is 51.8. The van der Waals surface area contributed by atoms with Gasteiger partial charge in [0.05, 0.1) is 12.3 Å². The summed E-state index contributed by atoms with van der Waals surface area (Å²) in [5.41, 5.74) is 7.68. The van der Waals surface area contributed by atoms with Gasteiger partial charge in [-0.1, -0.05) is 133 Å². The topological polar surface area (TPSA) is 16.4 Å². The molecular weight excluding hydrogens is 595 g/mol. The number of nitrogens with zero attached hydrogens (tertiary/aromatic N) is 1. The maximum atomic E-state index is 9.42. The molecule has 0 aliphatic heterocycles. The third kappa shape index (κ3) is 4.14.